The van der Waals surface area contributed by atoms with Crippen molar-refractivity contribution in [3.8, 4) is 0 Å². The van der Waals surface area contributed by atoms with Gasteiger partial charge in [0.05, 0.1) is 0 Å². The predicted molar refractivity (Wildman–Crippen MR) is 66.2 cm³/mol. The summed E-state index contributed by atoms with van der Waals surface area (Å²) in [5.74, 6) is 1.80. The third kappa shape index (κ3) is 2.42. The van der Waals surface area contributed by atoms with Crippen molar-refractivity contribution in [2.45, 2.75) is 51.9 Å². The zero-order valence-corrected chi connectivity index (χ0v) is 10.00. The molecule has 0 N–H and O–H groups in total. The molecule has 0 amide bonds. The Morgan fingerprint density at radius 2 is 1.73 bits per heavy atom. The van der Waals surface area contributed by atoms with E-state index in [9.17, 15) is 0 Å². The van der Waals surface area contributed by atoms with Crippen molar-refractivity contribution in [2.24, 2.45) is 5.92 Å². The van der Waals surface area contributed by atoms with Gasteiger partial charge in [-0.05, 0) is 42.2 Å². The van der Waals surface area contributed by atoms with E-state index in [2.05, 4.69) is 38.1 Å². The van der Waals surface area contributed by atoms with Crippen molar-refractivity contribution >= 4 is 0 Å². The molecular weight excluding hydrogens is 180 g/mol. The molecule has 1 saturated carbocycles. The summed E-state index contributed by atoms with van der Waals surface area (Å²) in [6.45, 7) is 4.66. The molecule has 1 aliphatic carbocycles. The van der Waals surface area contributed by atoms with Gasteiger partial charge in [-0.2, -0.15) is 0 Å². The Morgan fingerprint density at radius 1 is 1.07 bits per heavy atom. The average Bonchev–Trinajstić information content (AvgIpc) is 2.30. The summed E-state index contributed by atoms with van der Waals surface area (Å²) >= 11 is 0. The fourth-order valence-corrected chi connectivity index (χ4v) is 2.83. The highest BCUT2D eigenvalue weighted by Crippen LogP contribution is 2.36. The SMILES string of the molecule is CCc1ccccc1C1CCC(C)CC1. The Hall–Kier alpha value is -0.780. The highest BCUT2D eigenvalue weighted by Gasteiger charge is 2.20. The topological polar surface area (TPSA) is 0 Å². The summed E-state index contributed by atoms with van der Waals surface area (Å²) in [5, 5.41) is 0. The van der Waals surface area contributed by atoms with Crippen LogP contribution in [0.4, 0.5) is 0 Å². The average molecular weight is 202 g/mol. The van der Waals surface area contributed by atoms with E-state index in [1.807, 2.05) is 0 Å². The Labute approximate surface area is 93.7 Å². The van der Waals surface area contributed by atoms with Crippen LogP contribution in [0.3, 0.4) is 0 Å². The Bertz CT molecular complexity index is 306. The maximum atomic E-state index is 2.39. The molecule has 2 rings (SSSR count). The van der Waals surface area contributed by atoms with Crippen molar-refractivity contribution in [1.29, 1.82) is 0 Å². The zero-order chi connectivity index (χ0) is 10.7. The van der Waals surface area contributed by atoms with Crippen LogP contribution < -0.4 is 0 Å². The van der Waals surface area contributed by atoms with Gasteiger partial charge in [-0.1, -0.05) is 51.0 Å². The molecule has 1 aromatic rings. The van der Waals surface area contributed by atoms with Crippen LogP contribution in [0.15, 0.2) is 24.3 Å². The molecule has 0 nitrogen and oxygen atoms in total. The van der Waals surface area contributed by atoms with Gasteiger partial charge in [0, 0.05) is 0 Å². The fourth-order valence-electron chi connectivity index (χ4n) is 2.83. The normalized spacial score (nSPS) is 26.5. The van der Waals surface area contributed by atoms with Crippen LogP contribution in [0, 0.1) is 5.92 Å². The molecule has 0 aliphatic heterocycles. The molecule has 0 heteroatoms. The molecule has 1 fully saturated rings. The standard InChI is InChI=1S/C15H22/c1-3-13-6-4-5-7-15(13)14-10-8-12(2)9-11-14/h4-7,12,14H,3,8-11H2,1-2H3. The van der Waals surface area contributed by atoms with Crippen molar-refractivity contribution in [1.82, 2.24) is 0 Å². The maximum absolute atomic E-state index is 2.39. The van der Waals surface area contributed by atoms with E-state index in [-0.39, 0.29) is 0 Å². The maximum Gasteiger partial charge on any atom is -0.0159 e. The minimum Gasteiger partial charge on any atom is -0.0625 e. The molecule has 0 saturated heterocycles. The van der Waals surface area contributed by atoms with Crippen LogP contribution in [-0.2, 0) is 6.42 Å². The summed E-state index contributed by atoms with van der Waals surface area (Å²) in [7, 11) is 0. The van der Waals surface area contributed by atoms with Gasteiger partial charge in [0.25, 0.3) is 0 Å². The van der Waals surface area contributed by atoms with E-state index >= 15 is 0 Å². The summed E-state index contributed by atoms with van der Waals surface area (Å²) in [6, 6.07) is 9.02. The second-order valence-corrected chi connectivity index (χ2v) is 5.01. The quantitative estimate of drug-likeness (QED) is 0.660. The van der Waals surface area contributed by atoms with E-state index in [0.29, 0.717) is 0 Å². The van der Waals surface area contributed by atoms with Gasteiger partial charge < -0.3 is 0 Å². The largest absolute Gasteiger partial charge is 0.0625 e. The second kappa shape index (κ2) is 4.83. The molecule has 0 unspecified atom stereocenters. The molecule has 1 aromatic carbocycles. The van der Waals surface area contributed by atoms with Crippen LogP contribution in [0.25, 0.3) is 0 Å². The minimum atomic E-state index is 0.845. The van der Waals surface area contributed by atoms with Gasteiger partial charge in [-0.15, -0.1) is 0 Å². The van der Waals surface area contributed by atoms with Gasteiger partial charge in [0.1, 0.15) is 0 Å². The third-order valence-corrected chi connectivity index (χ3v) is 3.89. The first-order valence-corrected chi connectivity index (χ1v) is 6.39. The summed E-state index contributed by atoms with van der Waals surface area (Å²) in [6.07, 6.45) is 6.82. The lowest BCUT2D eigenvalue weighted by Gasteiger charge is -2.27. The van der Waals surface area contributed by atoms with Gasteiger partial charge in [-0.3, -0.25) is 0 Å². The molecule has 15 heavy (non-hydrogen) atoms. The van der Waals surface area contributed by atoms with Gasteiger partial charge >= 0.3 is 0 Å². The van der Waals surface area contributed by atoms with E-state index in [1.165, 1.54) is 32.1 Å². The number of benzene rings is 1. The van der Waals surface area contributed by atoms with Crippen LogP contribution >= 0.6 is 0 Å². The molecule has 0 bridgehead atoms. The Morgan fingerprint density at radius 3 is 2.40 bits per heavy atom. The fraction of sp³-hybridized carbons (Fsp3) is 0.600. The van der Waals surface area contributed by atoms with E-state index in [4.69, 9.17) is 0 Å². The van der Waals surface area contributed by atoms with E-state index in [0.717, 1.165) is 11.8 Å². The first-order valence-electron chi connectivity index (χ1n) is 6.39. The monoisotopic (exact) mass is 202 g/mol. The predicted octanol–water partition coefficient (Wildman–Crippen LogP) is 4.54. The van der Waals surface area contributed by atoms with Crippen molar-refractivity contribution in [3.63, 3.8) is 0 Å². The lowest BCUT2D eigenvalue weighted by Crippen LogP contribution is -2.12. The number of rotatable bonds is 2. The molecule has 0 atom stereocenters. The van der Waals surface area contributed by atoms with Crippen LogP contribution in [0.5, 0.6) is 0 Å². The van der Waals surface area contributed by atoms with Gasteiger partial charge in [0.15, 0.2) is 0 Å². The first-order chi connectivity index (χ1) is 7.31. The van der Waals surface area contributed by atoms with Crippen LogP contribution in [0.2, 0.25) is 0 Å². The third-order valence-electron chi connectivity index (χ3n) is 3.89. The van der Waals surface area contributed by atoms with E-state index in [1.54, 1.807) is 11.1 Å². The molecule has 0 radical (unpaired) electrons. The number of aryl methyl sites for hydroxylation is 1. The van der Waals surface area contributed by atoms with Gasteiger partial charge in [0.2, 0.25) is 0 Å². The Balaban J connectivity index is 2.15. The minimum absolute atomic E-state index is 0.845. The Kier molecular flexibility index (Phi) is 3.45. The van der Waals surface area contributed by atoms with Crippen LogP contribution in [0.1, 0.15) is 56.6 Å². The molecule has 1 aliphatic rings. The number of hydrogen-bond donors (Lipinski definition) is 0. The second-order valence-electron chi connectivity index (χ2n) is 5.01. The molecule has 0 spiro atoms. The van der Waals surface area contributed by atoms with Crippen molar-refractivity contribution in [2.75, 3.05) is 0 Å². The van der Waals surface area contributed by atoms with Crippen molar-refractivity contribution < 1.29 is 0 Å². The summed E-state index contributed by atoms with van der Waals surface area (Å²) in [5.41, 5.74) is 3.20. The molecule has 0 aromatic heterocycles. The molecule has 0 heterocycles. The molecule has 82 valence electrons. The smallest absolute Gasteiger partial charge is 0.0159 e. The number of hydrogen-bond acceptors (Lipinski definition) is 0. The molecular formula is C15H22. The van der Waals surface area contributed by atoms with Crippen LogP contribution in [-0.4, -0.2) is 0 Å². The lowest BCUT2D eigenvalue weighted by atomic mass is 9.78. The lowest BCUT2D eigenvalue weighted by molar-refractivity contribution is 0.347. The highest BCUT2D eigenvalue weighted by atomic mass is 14.3. The zero-order valence-electron chi connectivity index (χ0n) is 10.00. The van der Waals surface area contributed by atoms with Crippen molar-refractivity contribution in [3.05, 3.63) is 35.4 Å². The van der Waals surface area contributed by atoms with Gasteiger partial charge in [-0.25, -0.2) is 0 Å². The summed E-state index contributed by atoms with van der Waals surface area (Å²) < 4.78 is 0. The summed E-state index contributed by atoms with van der Waals surface area (Å²) in [4.78, 5) is 0. The first kappa shape index (κ1) is 10.7. The highest BCUT2D eigenvalue weighted by molar-refractivity contribution is 5.30. The van der Waals surface area contributed by atoms with E-state index < -0.39 is 0 Å².